The largest absolute Gasteiger partial charge is 0.354 e. The lowest BCUT2D eigenvalue weighted by atomic mass is 10.1. The molecule has 0 aliphatic heterocycles. The molecular formula is C23H26FN5O2S. The van der Waals surface area contributed by atoms with Crippen molar-refractivity contribution in [1.82, 2.24) is 25.4 Å². The van der Waals surface area contributed by atoms with Crippen LogP contribution in [0.1, 0.15) is 22.5 Å². The van der Waals surface area contributed by atoms with E-state index in [0.717, 1.165) is 22.6 Å². The van der Waals surface area contributed by atoms with E-state index in [4.69, 9.17) is 0 Å². The van der Waals surface area contributed by atoms with Crippen LogP contribution in [0.3, 0.4) is 0 Å². The molecule has 0 radical (unpaired) electrons. The lowest BCUT2D eigenvalue weighted by molar-refractivity contribution is -0.121. The third kappa shape index (κ3) is 6.40. The fourth-order valence-corrected chi connectivity index (χ4v) is 3.97. The second-order valence-corrected chi connectivity index (χ2v) is 8.39. The highest BCUT2D eigenvalue weighted by atomic mass is 32.2. The number of nitrogens with one attached hydrogen (secondary N) is 2. The van der Waals surface area contributed by atoms with E-state index in [1.54, 1.807) is 12.1 Å². The van der Waals surface area contributed by atoms with E-state index >= 15 is 0 Å². The molecule has 0 aliphatic rings. The lowest BCUT2D eigenvalue weighted by Crippen LogP contribution is -2.36. The predicted molar refractivity (Wildman–Crippen MR) is 122 cm³/mol. The molecule has 0 fully saturated rings. The predicted octanol–water partition coefficient (Wildman–Crippen LogP) is 2.90. The molecular weight excluding hydrogens is 429 g/mol. The lowest BCUT2D eigenvalue weighted by Gasteiger charge is -2.12. The first kappa shape index (κ1) is 23.5. The minimum Gasteiger partial charge on any atom is -0.354 e. The van der Waals surface area contributed by atoms with Crippen LogP contribution < -0.4 is 10.6 Å². The van der Waals surface area contributed by atoms with Gasteiger partial charge in [0.05, 0.1) is 17.9 Å². The zero-order chi connectivity index (χ0) is 23.1. The fourth-order valence-electron chi connectivity index (χ4n) is 3.15. The maximum Gasteiger partial charge on any atom is 0.230 e. The van der Waals surface area contributed by atoms with Crippen LogP contribution in [0.25, 0.3) is 5.69 Å². The Morgan fingerprint density at radius 3 is 2.50 bits per heavy atom. The number of aromatic nitrogens is 3. The molecule has 0 spiro atoms. The Kier molecular flexibility index (Phi) is 7.99. The first-order chi connectivity index (χ1) is 15.3. The Morgan fingerprint density at radius 2 is 1.75 bits per heavy atom. The Bertz CT molecular complexity index is 1120. The van der Waals surface area contributed by atoms with Gasteiger partial charge < -0.3 is 10.6 Å². The molecule has 2 aromatic carbocycles. The summed E-state index contributed by atoms with van der Waals surface area (Å²) in [7, 11) is 0. The number of hydrogen-bond acceptors (Lipinski definition) is 5. The number of amides is 2. The molecule has 2 N–H and O–H groups in total. The molecule has 7 nitrogen and oxygen atoms in total. The maximum absolute atomic E-state index is 13.2. The third-order valence-corrected chi connectivity index (χ3v) is 5.69. The summed E-state index contributed by atoms with van der Waals surface area (Å²) in [6, 6.07) is 12.1. The SMILES string of the molecule is Cc1ccc(C)c(-n2c(C)nnc2SCC(=O)NCCNC(=O)Cc2cccc(F)c2)c1. The van der Waals surface area contributed by atoms with Crippen molar-refractivity contribution in [2.45, 2.75) is 32.3 Å². The molecule has 168 valence electrons. The number of carbonyl (C=O) groups excluding carboxylic acids is 2. The van der Waals surface area contributed by atoms with Gasteiger partial charge in [-0.1, -0.05) is 36.0 Å². The summed E-state index contributed by atoms with van der Waals surface area (Å²) < 4.78 is 15.1. The highest BCUT2D eigenvalue weighted by Crippen LogP contribution is 2.24. The number of halogens is 1. The van der Waals surface area contributed by atoms with Gasteiger partial charge in [-0.3, -0.25) is 14.2 Å². The van der Waals surface area contributed by atoms with E-state index in [1.165, 1.54) is 23.9 Å². The van der Waals surface area contributed by atoms with Crippen molar-refractivity contribution in [3.63, 3.8) is 0 Å². The minimum absolute atomic E-state index is 0.0922. The fraction of sp³-hybridized carbons (Fsp3) is 0.304. The summed E-state index contributed by atoms with van der Waals surface area (Å²) in [6.07, 6.45) is 0.0922. The molecule has 1 heterocycles. The number of benzene rings is 2. The van der Waals surface area contributed by atoms with Crippen molar-refractivity contribution in [2.24, 2.45) is 0 Å². The van der Waals surface area contributed by atoms with Crippen LogP contribution >= 0.6 is 11.8 Å². The molecule has 3 rings (SSSR count). The van der Waals surface area contributed by atoms with Crippen LogP contribution in [0.15, 0.2) is 47.6 Å². The van der Waals surface area contributed by atoms with Gasteiger partial charge in [0.2, 0.25) is 11.8 Å². The zero-order valence-corrected chi connectivity index (χ0v) is 19.1. The molecule has 0 aliphatic carbocycles. The van der Waals surface area contributed by atoms with Gasteiger partial charge in [0.15, 0.2) is 5.16 Å². The molecule has 0 saturated carbocycles. The van der Waals surface area contributed by atoms with Crippen molar-refractivity contribution in [3.05, 3.63) is 70.8 Å². The number of hydrogen-bond donors (Lipinski definition) is 2. The second-order valence-electron chi connectivity index (χ2n) is 7.45. The summed E-state index contributed by atoms with van der Waals surface area (Å²) in [5, 5.41) is 14.5. The Morgan fingerprint density at radius 1 is 1.00 bits per heavy atom. The minimum atomic E-state index is -0.372. The number of carbonyl (C=O) groups is 2. The summed E-state index contributed by atoms with van der Waals surface area (Å²) in [5.74, 6) is 0.172. The van der Waals surface area contributed by atoms with Crippen LogP contribution in [0.2, 0.25) is 0 Å². The second kappa shape index (κ2) is 10.9. The Hall–Kier alpha value is -3.20. The summed E-state index contributed by atoms with van der Waals surface area (Å²) in [6.45, 7) is 6.53. The molecule has 0 saturated heterocycles. The van der Waals surface area contributed by atoms with Crippen LogP contribution in [-0.2, 0) is 16.0 Å². The van der Waals surface area contributed by atoms with Crippen molar-refractivity contribution < 1.29 is 14.0 Å². The average molecular weight is 456 g/mol. The van der Waals surface area contributed by atoms with E-state index in [0.29, 0.717) is 23.8 Å². The van der Waals surface area contributed by atoms with Gasteiger partial charge in [0.25, 0.3) is 0 Å². The number of aryl methyl sites for hydroxylation is 3. The van der Waals surface area contributed by atoms with Gasteiger partial charge in [-0.2, -0.15) is 0 Å². The zero-order valence-electron chi connectivity index (χ0n) is 18.3. The topological polar surface area (TPSA) is 88.9 Å². The van der Waals surface area contributed by atoms with Crippen LogP contribution in [0.5, 0.6) is 0 Å². The van der Waals surface area contributed by atoms with Crippen molar-refractivity contribution >= 4 is 23.6 Å². The third-order valence-electron chi connectivity index (χ3n) is 4.76. The molecule has 9 heteroatoms. The van der Waals surface area contributed by atoms with Gasteiger partial charge in [0, 0.05) is 13.1 Å². The summed E-state index contributed by atoms with van der Waals surface area (Å²) >= 11 is 1.31. The highest BCUT2D eigenvalue weighted by Gasteiger charge is 2.15. The molecule has 1 aromatic heterocycles. The van der Waals surface area contributed by atoms with Crippen molar-refractivity contribution in [1.29, 1.82) is 0 Å². The standard InChI is InChI=1S/C23H26FN5O2S/c1-15-7-8-16(2)20(11-15)29-17(3)27-28-23(29)32-14-22(31)26-10-9-25-21(30)13-18-5-4-6-19(24)12-18/h4-8,11-12H,9-10,13-14H2,1-3H3,(H,25,30)(H,26,31). The van der Waals surface area contributed by atoms with Gasteiger partial charge in [-0.15, -0.1) is 10.2 Å². The van der Waals surface area contributed by atoms with Crippen LogP contribution in [-0.4, -0.2) is 45.4 Å². The number of rotatable bonds is 9. The summed E-state index contributed by atoms with van der Waals surface area (Å²) in [5.41, 5.74) is 3.83. The quantitative estimate of drug-likeness (QED) is 0.383. The molecule has 0 atom stereocenters. The van der Waals surface area contributed by atoms with E-state index in [9.17, 15) is 14.0 Å². The average Bonchev–Trinajstić information content (AvgIpc) is 3.11. The Labute approximate surface area is 190 Å². The smallest absolute Gasteiger partial charge is 0.230 e. The van der Waals surface area contributed by atoms with E-state index in [-0.39, 0.29) is 29.8 Å². The maximum atomic E-state index is 13.2. The Balaban J connectivity index is 1.45. The highest BCUT2D eigenvalue weighted by molar-refractivity contribution is 7.99. The van der Waals surface area contributed by atoms with Crippen molar-refractivity contribution in [2.75, 3.05) is 18.8 Å². The first-order valence-corrected chi connectivity index (χ1v) is 11.2. The van der Waals surface area contributed by atoms with Gasteiger partial charge in [0.1, 0.15) is 11.6 Å². The molecule has 0 bridgehead atoms. The molecule has 3 aromatic rings. The van der Waals surface area contributed by atoms with Gasteiger partial charge in [-0.05, 0) is 55.7 Å². The van der Waals surface area contributed by atoms with Gasteiger partial charge in [-0.25, -0.2) is 4.39 Å². The first-order valence-electron chi connectivity index (χ1n) is 10.2. The number of thioether (sulfide) groups is 1. The van der Waals surface area contributed by atoms with Crippen molar-refractivity contribution in [3.8, 4) is 5.69 Å². The monoisotopic (exact) mass is 455 g/mol. The molecule has 32 heavy (non-hydrogen) atoms. The van der Waals surface area contributed by atoms with E-state index in [1.807, 2.05) is 31.4 Å². The summed E-state index contributed by atoms with van der Waals surface area (Å²) in [4.78, 5) is 24.2. The molecule has 2 amide bonds. The van der Waals surface area contributed by atoms with Gasteiger partial charge >= 0.3 is 0 Å². The van der Waals surface area contributed by atoms with E-state index in [2.05, 4.69) is 33.0 Å². The van der Waals surface area contributed by atoms with E-state index < -0.39 is 0 Å². The normalized spacial score (nSPS) is 10.8. The number of nitrogens with zero attached hydrogens (tertiary/aromatic N) is 3. The van der Waals surface area contributed by atoms with Crippen LogP contribution in [0, 0.1) is 26.6 Å². The van der Waals surface area contributed by atoms with Crippen LogP contribution in [0.4, 0.5) is 4.39 Å². The molecule has 0 unspecified atom stereocenters.